The molecule has 0 bridgehead atoms. The average Bonchev–Trinajstić information content (AvgIpc) is 3.41. The minimum atomic E-state index is 0.206. The maximum absolute atomic E-state index is 12.1. The lowest BCUT2D eigenvalue weighted by Crippen LogP contribution is -2.25. The number of amides is 1. The number of pyridine rings is 1. The zero-order valence-corrected chi connectivity index (χ0v) is 16.6. The van der Waals surface area contributed by atoms with Gasteiger partial charge in [0, 0.05) is 29.3 Å². The van der Waals surface area contributed by atoms with Gasteiger partial charge in [-0.1, -0.05) is 6.07 Å². The van der Waals surface area contributed by atoms with E-state index in [1.54, 1.807) is 22.7 Å². The highest BCUT2D eigenvalue weighted by Gasteiger charge is 2.24. The maximum atomic E-state index is 12.1. The van der Waals surface area contributed by atoms with Gasteiger partial charge in [-0.05, 0) is 30.9 Å². The summed E-state index contributed by atoms with van der Waals surface area (Å²) in [6, 6.07) is 6.29. The molecule has 0 atom stereocenters. The van der Waals surface area contributed by atoms with E-state index in [1.807, 2.05) is 4.90 Å². The molecule has 0 radical (unpaired) electrons. The van der Waals surface area contributed by atoms with Crippen LogP contribution in [0.4, 0.5) is 5.82 Å². The number of aryl methyl sites for hydroxylation is 1. The zero-order chi connectivity index (χ0) is 18.5. The first-order valence-electron chi connectivity index (χ1n) is 9.05. The Kier molecular flexibility index (Phi) is 3.91. The summed E-state index contributed by atoms with van der Waals surface area (Å²) in [6.07, 6.45) is 1.56. The van der Waals surface area contributed by atoms with Crippen LogP contribution in [-0.2, 0) is 17.9 Å². The van der Waals surface area contributed by atoms with Crippen LogP contribution in [0.3, 0.4) is 0 Å². The van der Waals surface area contributed by atoms with E-state index in [1.165, 1.54) is 9.75 Å². The normalized spacial score (nSPS) is 14.9. The summed E-state index contributed by atoms with van der Waals surface area (Å²) in [5, 5.41) is 2.08. The van der Waals surface area contributed by atoms with Gasteiger partial charge in [0.1, 0.15) is 11.3 Å². The number of carbonyl (C=O) groups excluding carboxylic acids is 1. The fraction of sp³-hybridized carbons (Fsp3) is 0.316. The molecule has 1 aliphatic rings. The summed E-state index contributed by atoms with van der Waals surface area (Å²) in [5.74, 6) is 1.54. The molecule has 1 saturated heterocycles. The van der Waals surface area contributed by atoms with Crippen molar-refractivity contribution < 1.29 is 4.79 Å². The minimum Gasteiger partial charge on any atom is -0.382 e. The minimum absolute atomic E-state index is 0.206. The highest BCUT2D eigenvalue weighted by Crippen LogP contribution is 2.40. The molecule has 0 unspecified atom stereocenters. The molecule has 2 N–H and O–H groups in total. The van der Waals surface area contributed by atoms with Gasteiger partial charge in [0.25, 0.3) is 0 Å². The third kappa shape index (κ3) is 2.62. The number of likely N-dealkylation sites (tertiary alicyclic amines) is 1. The molecular formula is C19H19N5OS2. The number of imidazole rings is 1. The van der Waals surface area contributed by atoms with Crippen LogP contribution in [-0.4, -0.2) is 31.9 Å². The third-order valence-electron chi connectivity index (χ3n) is 5.04. The molecule has 1 aliphatic heterocycles. The lowest BCUT2D eigenvalue weighted by Gasteiger charge is -2.15. The second-order valence-electron chi connectivity index (χ2n) is 6.69. The quantitative estimate of drug-likeness (QED) is 0.562. The Balaban J connectivity index is 1.71. The van der Waals surface area contributed by atoms with Crippen LogP contribution in [0.1, 0.15) is 25.6 Å². The fourth-order valence-corrected chi connectivity index (χ4v) is 5.75. The van der Waals surface area contributed by atoms with Crippen LogP contribution in [0, 0.1) is 0 Å². The van der Waals surface area contributed by atoms with Crippen molar-refractivity contribution in [2.75, 3.05) is 12.3 Å². The Labute approximate surface area is 164 Å². The molecule has 0 spiro atoms. The van der Waals surface area contributed by atoms with Gasteiger partial charge >= 0.3 is 0 Å². The van der Waals surface area contributed by atoms with Gasteiger partial charge in [-0.2, -0.15) is 0 Å². The van der Waals surface area contributed by atoms with Gasteiger partial charge in [-0.3, -0.25) is 4.79 Å². The number of nitrogens with two attached hydrogens (primary N) is 1. The Morgan fingerprint density at radius 1 is 1.30 bits per heavy atom. The number of rotatable bonds is 4. The lowest BCUT2D eigenvalue weighted by atomic mass is 10.3. The molecule has 138 valence electrons. The smallest absolute Gasteiger partial charge is 0.223 e. The number of fused-ring (bicyclic) bond motifs is 3. The molecule has 4 aromatic rings. The van der Waals surface area contributed by atoms with Crippen molar-refractivity contribution in [1.29, 1.82) is 0 Å². The van der Waals surface area contributed by atoms with Crippen molar-refractivity contribution in [3.05, 3.63) is 29.4 Å². The van der Waals surface area contributed by atoms with Gasteiger partial charge in [-0.25, -0.2) is 9.97 Å². The predicted molar refractivity (Wildman–Crippen MR) is 111 cm³/mol. The SMILES string of the molecule is CCn1c(CN2CCCC2=O)nc2c(N)nc3cc(-c4cccs4)sc3c21. The highest BCUT2D eigenvalue weighted by molar-refractivity contribution is 7.26. The number of nitrogen functional groups attached to an aromatic ring is 1. The first-order chi connectivity index (χ1) is 13.2. The lowest BCUT2D eigenvalue weighted by molar-refractivity contribution is -0.128. The number of hydrogen-bond acceptors (Lipinski definition) is 6. The van der Waals surface area contributed by atoms with Gasteiger partial charge in [0.2, 0.25) is 5.91 Å². The Morgan fingerprint density at radius 2 is 2.19 bits per heavy atom. The molecule has 5 rings (SSSR count). The topological polar surface area (TPSA) is 77.0 Å². The van der Waals surface area contributed by atoms with Crippen LogP contribution in [0.5, 0.6) is 0 Å². The number of thiophene rings is 2. The maximum Gasteiger partial charge on any atom is 0.223 e. The standard InChI is InChI=1S/C19H19N5OS2/c1-2-24-14(10-23-7-3-6-15(23)25)22-16-17(24)18-11(21-19(16)20)9-13(27-18)12-5-4-8-26-12/h4-5,8-9H,2-3,6-7,10H2,1H3,(H2,20,21). The summed E-state index contributed by atoms with van der Waals surface area (Å²) in [5.41, 5.74) is 8.95. The van der Waals surface area contributed by atoms with E-state index in [0.29, 0.717) is 18.8 Å². The molecule has 8 heteroatoms. The largest absolute Gasteiger partial charge is 0.382 e. The monoisotopic (exact) mass is 397 g/mol. The van der Waals surface area contributed by atoms with Crippen LogP contribution in [0.25, 0.3) is 31.0 Å². The summed E-state index contributed by atoms with van der Waals surface area (Å²) < 4.78 is 3.30. The summed E-state index contributed by atoms with van der Waals surface area (Å²) in [4.78, 5) is 25.8. The van der Waals surface area contributed by atoms with E-state index >= 15 is 0 Å². The van der Waals surface area contributed by atoms with Crippen LogP contribution in [0.15, 0.2) is 23.6 Å². The fourth-order valence-electron chi connectivity index (χ4n) is 3.77. The molecule has 4 aromatic heterocycles. The number of hydrogen-bond donors (Lipinski definition) is 1. The first-order valence-corrected chi connectivity index (χ1v) is 10.7. The van der Waals surface area contributed by atoms with Crippen LogP contribution in [0.2, 0.25) is 0 Å². The Morgan fingerprint density at radius 3 is 2.89 bits per heavy atom. The molecule has 27 heavy (non-hydrogen) atoms. The molecule has 0 saturated carbocycles. The molecule has 1 amide bonds. The van der Waals surface area contributed by atoms with E-state index < -0.39 is 0 Å². The van der Waals surface area contributed by atoms with Gasteiger partial charge < -0.3 is 15.2 Å². The van der Waals surface area contributed by atoms with Gasteiger partial charge in [0.15, 0.2) is 5.82 Å². The van der Waals surface area contributed by atoms with Crippen molar-refractivity contribution >= 4 is 55.6 Å². The predicted octanol–water partition coefficient (Wildman–Crippen LogP) is 4.10. The highest BCUT2D eigenvalue weighted by atomic mass is 32.1. The molecule has 6 nitrogen and oxygen atoms in total. The number of nitrogens with zero attached hydrogens (tertiary/aromatic N) is 4. The zero-order valence-electron chi connectivity index (χ0n) is 14.9. The summed E-state index contributed by atoms with van der Waals surface area (Å²) >= 11 is 3.45. The summed E-state index contributed by atoms with van der Waals surface area (Å²) in [7, 11) is 0. The van der Waals surface area contributed by atoms with E-state index in [9.17, 15) is 4.79 Å². The van der Waals surface area contributed by atoms with E-state index in [-0.39, 0.29) is 5.91 Å². The average molecular weight is 398 g/mol. The number of aromatic nitrogens is 3. The van der Waals surface area contributed by atoms with Crippen LogP contribution >= 0.6 is 22.7 Å². The molecule has 5 heterocycles. The van der Waals surface area contributed by atoms with Crippen molar-refractivity contribution in [1.82, 2.24) is 19.4 Å². The number of anilines is 1. The second kappa shape index (κ2) is 6.31. The van der Waals surface area contributed by atoms with E-state index in [4.69, 9.17) is 10.7 Å². The van der Waals surface area contributed by atoms with E-state index in [2.05, 4.69) is 40.1 Å². The molecule has 0 aromatic carbocycles. The first kappa shape index (κ1) is 16.7. The molecular weight excluding hydrogens is 378 g/mol. The molecule has 1 fully saturated rings. The van der Waals surface area contributed by atoms with Gasteiger partial charge in [-0.15, -0.1) is 22.7 Å². The van der Waals surface area contributed by atoms with Crippen molar-refractivity contribution in [2.24, 2.45) is 0 Å². The second-order valence-corrected chi connectivity index (χ2v) is 8.69. The van der Waals surface area contributed by atoms with Crippen molar-refractivity contribution in [2.45, 2.75) is 32.9 Å². The third-order valence-corrected chi connectivity index (χ3v) is 7.24. The van der Waals surface area contributed by atoms with Crippen molar-refractivity contribution in [3.8, 4) is 9.75 Å². The van der Waals surface area contributed by atoms with Crippen molar-refractivity contribution in [3.63, 3.8) is 0 Å². The molecule has 0 aliphatic carbocycles. The number of carbonyl (C=O) groups is 1. The summed E-state index contributed by atoms with van der Waals surface area (Å²) in [6.45, 7) is 4.22. The van der Waals surface area contributed by atoms with Gasteiger partial charge in [0.05, 0.1) is 22.3 Å². The van der Waals surface area contributed by atoms with E-state index in [0.717, 1.165) is 46.6 Å². The van der Waals surface area contributed by atoms with Crippen LogP contribution < -0.4 is 5.73 Å². The Hall–Kier alpha value is -2.45. The Bertz CT molecular complexity index is 1160.